The molecule has 3 rings (SSSR count). The van der Waals surface area contributed by atoms with E-state index in [0.29, 0.717) is 22.4 Å². The van der Waals surface area contributed by atoms with Gasteiger partial charge in [0.1, 0.15) is 17.8 Å². The molecular weight excluding hydrogens is 316 g/mol. The van der Waals surface area contributed by atoms with E-state index in [1.807, 2.05) is 24.3 Å². The lowest BCUT2D eigenvalue weighted by Gasteiger charge is -2.08. The van der Waals surface area contributed by atoms with Gasteiger partial charge in [0.15, 0.2) is 0 Å². The van der Waals surface area contributed by atoms with E-state index in [0.717, 1.165) is 11.3 Å². The number of nitrogens with zero attached hydrogens (tertiary/aromatic N) is 2. The van der Waals surface area contributed by atoms with Crippen LogP contribution in [0.4, 0.5) is 11.5 Å². The van der Waals surface area contributed by atoms with Gasteiger partial charge < -0.3 is 15.0 Å². The van der Waals surface area contributed by atoms with E-state index in [1.54, 1.807) is 6.20 Å². The standard InChI is InChI=1S/C16H12N4O2.ClH/c1-3-10-5-4-6-11(7-10)20-15-13-12(16(21)22-2)8-17-14(13)18-9-19-15;/h1,4-9H,2H3,(H2,17,18,19,20);1H. The maximum atomic E-state index is 11.8. The Morgan fingerprint density at radius 3 is 2.96 bits per heavy atom. The molecule has 3 aromatic rings. The van der Waals surface area contributed by atoms with Crippen LogP contribution in [0.2, 0.25) is 0 Å². The fourth-order valence-electron chi connectivity index (χ4n) is 2.15. The molecule has 0 unspecified atom stereocenters. The molecule has 0 bridgehead atoms. The highest BCUT2D eigenvalue weighted by molar-refractivity contribution is 6.07. The summed E-state index contributed by atoms with van der Waals surface area (Å²) in [4.78, 5) is 23.1. The average molecular weight is 329 g/mol. The molecule has 0 atom stereocenters. The summed E-state index contributed by atoms with van der Waals surface area (Å²) in [7, 11) is 1.33. The summed E-state index contributed by atoms with van der Waals surface area (Å²) in [5.74, 6) is 2.61. The van der Waals surface area contributed by atoms with Gasteiger partial charge in [-0.15, -0.1) is 18.8 Å². The molecule has 6 nitrogen and oxygen atoms in total. The number of methoxy groups -OCH3 is 1. The quantitative estimate of drug-likeness (QED) is 0.571. The molecule has 23 heavy (non-hydrogen) atoms. The first-order valence-corrected chi connectivity index (χ1v) is 6.47. The molecule has 7 heteroatoms. The molecule has 0 spiro atoms. The number of hydrogen-bond donors (Lipinski definition) is 2. The molecule has 116 valence electrons. The lowest BCUT2D eigenvalue weighted by atomic mass is 10.2. The number of aromatic nitrogens is 3. The molecular formula is C16H13ClN4O2. The first kappa shape index (κ1) is 16.3. The largest absolute Gasteiger partial charge is 0.465 e. The minimum Gasteiger partial charge on any atom is -0.465 e. The molecule has 0 fully saturated rings. The number of terminal acetylenes is 1. The number of benzene rings is 1. The summed E-state index contributed by atoms with van der Waals surface area (Å²) >= 11 is 0. The second kappa shape index (κ2) is 6.81. The predicted molar refractivity (Wildman–Crippen MR) is 90.1 cm³/mol. The van der Waals surface area contributed by atoms with Crippen LogP contribution in [0.5, 0.6) is 0 Å². The smallest absolute Gasteiger partial charge is 0.340 e. The van der Waals surface area contributed by atoms with Crippen LogP contribution in [0, 0.1) is 12.3 Å². The molecule has 0 saturated heterocycles. The van der Waals surface area contributed by atoms with Crippen LogP contribution in [-0.4, -0.2) is 28.0 Å². The highest BCUT2D eigenvalue weighted by Crippen LogP contribution is 2.26. The van der Waals surface area contributed by atoms with Crippen molar-refractivity contribution >= 4 is 40.9 Å². The van der Waals surface area contributed by atoms with E-state index in [2.05, 4.69) is 26.2 Å². The van der Waals surface area contributed by atoms with Crippen LogP contribution in [0.1, 0.15) is 15.9 Å². The maximum absolute atomic E-state index is 11.8. The monoisotopic (exact) mass is 328 g/mol. The molecule has 0 amide bonds. The van der Waals surface area contributed by atoms with Gasteiger partial charge in [-0.25, -0.2) is 14.8 Å². The van der Waals surface area contributed by atoms with Gasteiger partial charge in [-0.1, -0.05) is 12.0 Å². The van der Waals surface area contributed by atoms with Crippen LogP contribution in [0.15, 0.2) is 36.8 Å². The average Bonchev–Trinajstić information content (AvgIpc) is 2.99. The third kappa shape index (κ3) is 3.10. The van der Waals surface area contributed by atoms with Gasteiger partial charge in [0.2, 0.25) is 0 Å². The Labute approximate surface area is 138 Å². The second-order valence-electron chi connectivity index (χ2n) is 4.49. The van der Waals surface area contributed by atoms with E-state index in [1.165, 1.54) is 13.4 Å². The third-order valence-corrected chi connectivity index (χ3v) is 3.17. The topological polar surface area (TPSA) is 79.9 Å². The van der Waals surface area contributed by atoms with Crippen molar-refractivity contribution in [1.82, 2.24) is 15.0 Å². The number of carbonyl (C=O) groups excluding carboxylic acids is 1. The summed E-state index contributed by atoms with van der Waals surface area (Å²) in [5.41, 5.74) is 2.43. The van der Waals surface area contributed by atoms with Crippen molar-refractivity contribution in [3.05, 3.63) is 47.9 Å². The van der Waals surface area contributed by atoms with Crippen molar-refractivity contribution in [2.24, 2.45) is 0 Å². The molecule has 1 aromatic carbocycles. The minimum absolute atomic E-state index is 0. The van der Waals surface area contributed by atoms with Gasteiger partial charge in [-0.05, 0) is 18.2 Å². The zero-order valence-electron chi connectivity index (χ0n) is 12.2. The number of hydrogen-bond acceptors (Lipinski definition) is 5. The lowest BCUT2D eigenvalue weighted by molar-refractivity contribution is 0.0603. The van der Waals surface area contributed by atoms with Crippen LogP contribution in [0.25, 0.3) is 11.0 Å². The molecule has 2 aromatic heterocycles. The number of halogens is 1. The Bertz CT molecular complexity index is 898. The zero-order valence-corrected chi connectivity index (χ0v) is 13.0. The van der Waals surface area contributed by atoms with Crippen molar-refractivity contribution in [2.45, 2.75) is 0 Å². The summed E-state index contributed by atoms with van der Waals surface area (Å²) < 4.78 is 4.78. The first-order valence-electron chi connectivity index (χ1n) is 6.47. The number of ether oxygens (including phenoxy) is 1. The van der Waals surface area contributed by atoms with E-state index in [-0.39, 0.29) is 12.4 Å². The van der Waals surface area contributed by atoms with Crippen LogP contribution in [-0.2, 0) is 4.74 Å². The summed E-state index contributed by atoms with van der Waals surface area (Å²) in [5, 5.41) is 3.72. The number of carbonyl (C=O) groups is 1. The number of H-pyrrole nitrogens is 1. The molecule has 2 N–H and O–H groups in total. The summed E-state index contributed by atoms with van der Waals surface area (Å²) in [6.45, 7) is 0. The van der Waals surface area contributed by atoms with Gasteiger partial charge in [0.05, 0.1) is 18.1 Å². The van der Waals surface area contributed by atoms with E-state index < -0.39 is 5.97 Å². The fraction of sp³-hybridized carbons (Fsp3) is 0.0625. The highest BCUT2D eigenvalue weighted by Gasteiger charge is 2.17. The molecule has 0 radical (unpaired) electrons. The first-order chi connectivity index (χ1) is 10.7. The molecule has 0 aliphatic carbocycles. The number of anilines is 2. The molecule has 2 heterocycles. The number of aromatic amines is 1. The van der Waals surface area contributed by atoms with E-state index in [9.17, 15) is 4.79 Å². The van der Waals surface area contributed by atoms with Gasteiger partial charge in [-0.3, -0.25) is 0 Å². The fourth-order valence-corrected chi connectivity index (χ4v) is 2.15. The van der Waals surface area contributed by atoms with E-state index in [4.69, 9.17) is 11.2 Å². The van der Waals surface area contributed by atoms with Gasteiger partial charge in [0.25, 0.3) is 0 Å². The summed E-state index contributed by atoms with van der Waals surface area (Å²) in [6, 6.07) is 7.35. The van der Waals surface area contributed by atoms with Crippen molar-refractivity contribution in [1.29, 1.82) is 0 Å². The lowest BCUT2D eigenvalue weighted by Crippen LogP contribution is -2.02. The maximum Gasteiger partial charge on any atom is 0.340 e. The van der Waals surface area contributed by atoms with Gasteiger partial charge in [-0.2, -0.15) is 0 Å². The number of esters is 1. The zero-order chi connectivity index (χ0) is 15.5. The predicted octanol–water partition coefficient (Wildman–Crippen LogP) is 2.89. The number of rotatable bonds is 3. The highest BCUT2D eigenvalue weighted by atomic mass is 35.5. The van der Waals surface area contributed by atoms with Crippen molar-refractivity contribution in [2.75, 3.05) is 12.4 Å². The second-order valence-corrected chi connectivity index (χ2v) is 4.49. The van der Waals surface area contributed by atoms with Gasteiger partial charge >= 0.3 is 5.97 Å². The normalized spacial score (nSPS) is 9.74. The Balaban J connectivity index is 0.00000192. The molecule has 0 saturated carbocycles. The Morgan fingerprint density at radius 2 is 2.22 bits per heavy atom. The van der Waals surface area contributed by atoms with Crippen LogP contribution < -0.4 is 5.32 Å². The minimum atomic E-state index is -0.457. The van der Waals surface area contributed by atoms with Gasteiger partial charge in [0, 0.05) is 17.4 Å². The molecule has 0 aliphatic rings. The van der Waals surface area contributed by atoms with Crippen LogP contribution >= 0.6 is 12.4 Å². The Hall–Kier alpha value is -3.04. The number of fused-ring (bicyclic) bond motifs is 1. The van der Waals surface area contributed by atoms with E-state index >= 15 is 0 Å². The van der Waals surface area contributed by atoms with Crippen LogP contribution in [0.3, 0.4) is 0 Å². The van der Waals surface area contributed by atoms with Crippen molar-refractivity contribution < 1.29 is 9.53 Å². The Morgan fingerprint density at radius 1 is 1.39 bits per heavy atom. The Kier molecular flexibility index (Phi) is 4.84. The third-order valence-electron chi connectivity index (χ3n) is 3.17. The molecule has 0 aliphatic heterocycles. The van der Waals surface area contributed by atoms with Crippen molar-refractivity contribution in [3.8, 4) is 12.3 Å². The number of nitrogens with one attached hydrogen (secondary N) is 2. The van der Waals surface area contributed by atoms with Crippen molar-refractivity contribution in [3.63, 3.8) is 0 Å². The SMILES string of the molecule is C#Cc1cccc(Nc2ncnc3[nH]cc(C(=O)OC)c23)c1.Cl. The summed E-state index contributed by atoms with van der Waals surface area (Å²) in [6.07, 6.45) is 8.36.